The third-order valence-electron chi connectivity index (χ3n) is 2.71. The lowest BCUT2D eigenvalue weighted by Gasteiger charge is -2.38. The molecule has 102 valence electrons. The van der Waals surface area contributed by atoms with Gasteiger partial charge in [0.05, 0.1) is 5.92 Å². The van der Waals surface area contributed by atoms with Crippen LogP contribution in [0.5, 0.6) is 0 Å². The van der Waals surface area contributed by atoms with Crippen LogP contribution in [0.25, 0.3) is 0 Å². The average molecular weight is 263 g/mol. The van der Waals surface area contributed by atoms with Crippen LogP contribution in [0.2, 0.25) is 0 Å². The monoisotopic (exact) mass is 263 g/mol. The predicted molar refractivity (Wildman–Crippen MR) is 68.0 cm³/mol. The molecular formula is C13H17N3O3. The number of carbonyl (C=O) groups excluding carboxylic acids is 2. The standard InChI is InChI=1S/C13H17N3O3/c1-13(2,3)19-12(18)16-6-9(7-16)11-14-5-4-10(8-17)15-11/h4-5,8-9H,6-7H2,1-3H3. The first-order valence-electron chi connectivity index (χ1n) is 6.15. The topological polar surface area (TPSA) is 72.4 Å². The van der Waals surface area contributed by atoms with E-state index in [0.29, 0.717) is 30.9 Å². The maximum Gasteiger partial charge on any atom is 0.410 e. The number of amides is 1. The molecule has 19 heavy (non-hydrogen) atoms. The molecule has 0 N–H and O–H groups in total. The van der Waals surface area contributed by atoms with Gasteiger partial charge in [0.15, 0.2) is 6.29 Å². The van der Waals surface area contributed by atoms with Gasteiger partial charge in [0.25, 0.3) is 0 Å². The third-order valence-corrected chi connectivity index (χ3v) is 2.71. The lowest BCUT2D eigenvalue weighted by atomic mass is 10.00. The Balaban J connectivity index is 1.92. The van der Waals surface area contributed by atoms with Crippen molar-refractivity contribution in [3.8, 4) is 0 Å². The summed E-state index contributed by atoms with van der Waals surface area (Å²) < 4.78 is 5.26. The van der Waals surface area contributed by atoms with E-state index < -0.39 is 5.60 Å². The number of likely N-dealkylation sites (tertiary alicyclic amines) is 1. The molecule has 1 aromatic rings. The molecule has 0 saturated carbocycles. The summed E-state index contributed by atoms with van der Waals surface area (Å²) in [5.41, 5.74) is -0.128. The van der Waals surface area contributed by atoms with E-state index in [9.17, 15) is 9.59 Å². The van der Waals surface area contributed by atoms with Crippen molar-refractivity contribution in [2.45, 2.75) is 32.3 Å². The Morgan fingerprint density at radius 1 is 1.47 bits per heavy atom. The van der Waals surface area contributed by atoms with E-state index >= 15 is 0 Å². The third kappa shape index (κ3) is 3.27. The summed E-state index contributed by atoms with van der Waals surface area (Å²) in [4.78, 5) is 32.2. The Labute approximate surface area is 111 Å². The van der Waals surface area contributed by atoms with Crippen molar-refractivity contribution in [1.29, 1.82) is 0 Å². The van der Waals surface area contributed by atoms with Crippen molar-refractivity contribution in [1.82, 2.24) is 14.9 Å². The molecule has 6 heteroatoms. The van der Waals surface area contributed by atoms with E-state index in [1.165, 1.54) is 0 Å². The van der Waals surface area contributed by atoms with Gasteiger partial charge in [0.2, 0.25) is 0 Å². The highest BCUT2D eigenvalue weighted by atomic mass is 16.6. The van der Waals surface area contributed by atoms with Crippen LogP contribution >= 0.6 is 0 Å². The molecule has 0 aromatic carbocycles. The zero-order valence-corrected chi connectivity index (χ0v) is 11.3. The van der Waals surface area contributed by atoms with Gasteiger partial charge in [-0.25, -0.2) is 14.8 Å². The van der Waals surface area contributed by atoms with Gasteiger partial charge in [-0.3, -0.25) is 4.79 Å². The lowest BCUT2D eigenvalue weighted by Crippen LogP contribution is -2.50. The Morgan fingerprint density at radius 3 is 2.74 bits per heavy atom. The van der Waals surface area contributed by atoms with E-state index in [1.54, 1.807) is 17.2 Å². The highest BCUT2D eigenvalue weighted by Crippen LogP contribution is 2.25. The average Bonchev–Trinajstić information content (AvgIpc) is 2.25. The van der Waals surface area contributed by atoms with Gasteiger partial charge >= 0.3 is 6.09 Å². The number of hydrogen-bond donors (Lipinski definition) is 0. The Hall–Kier alpha value is -1.98. The highest BCUT2D eigenvalue weighted by Gasteiger charge is 2.36. The smallest absolute Gasteiger partial charge is 0.410 e. The van der Waals surface area contributed by atoms with Crippen molar-refractivity contribution in [2.75, 3.05) is 13.1 Å². The highest BCUT2D eigenvalue weighted by molar-refractivity contribution is 5.71. The predicted octanol–water partition coefficient (Wildman–Crippen LogP) is 1.62. The van der Waals surface area contributed by atoms with Crippen LogP contribution in [0.4, 0.5) is 4.79 Å². The summed E-state index contributed by atoms with van der Waals surface area (Å²) in [7, 11) is 0. The summed E-state index contributed by atoms with van der Waals surface area (Å²) in [6.45, 7) is 6.55. The Kier molecular flexibility index (Phi) is 3.50. The Bertz CT molecular complexity index is 490. The molecule has 1 aromatic heterocycles. The molecule has 2 rings (SSSR count). The van der Waals surface area contributed by atoms with Gasteiger partial charge in [0, 0.05) is 19.3 Å². The summed E-state index contributed by atoms with van der Waals surface area (Å²) in [6, 6.07) is 1.56. The zero-order valence-electron chi connectivity index (χ0n) is 11.3. The van der Waals surface area contributed by atoms with Gasteiger partial charge in [-0.15, -0.1) is 0 Å². The summed E-state index contributed by atoms with van der Waals surface area (Å²) in [5, 5.41) is 0. The van der Waals surface area contributed by atoms with Gasteiger partial charge < -0.3 is 9.64 Å². The minimum atomic E-state index is -0.490. The molecule has 0 bridgehead atoms. The van der Waals surface area contributed by atoms with Crippen LogP contribution in [0.1, 0.15) is 43.0 Å². The van der Waals surface area contributed by atoms with Gasteiger partial charge in [-0.1, -0.05) is 0 Å². The van der Waals surface area contributed by atoms with E-state index in [0.717, 1.165) is 0 Å². The van der Waals surface area contributed by atoms with Crippen LogP contribution in [-0.2, 0) is 4.74 Å². The molecule has 1 amide bonds. The fourth-order valence-corrected chi connectivity index (χ4v) is 1.77. The molecule has 0 unspecified atom stereocenters. The van der Waals surface area contributed by atoms with Crippen LogP contribution in [0, 0.1) is 0 Å². The van der Waals surface area contributed by atoms with Gasteiger partial charge in [0.1, 0.15) is 17.1 Å². The normalized spacial score (nSPS) is 15.8. The van der Waals surface area contributed by atoms with E-state index in [2.05, 4.69) is 9.97 Å². The number of nitrogens with zero attached hydrogens (tertiary/aromatic N) is 3. The molecule has 0 aliphatic carbocycles. The molecular weight excluding hydrogens is 246 g/mol. The number of rotatable bonds is 2. The minimum absolute atomic E-state index is 0.0763. The molecule has 0 radical (unpaired) electrons. The maximum absolute atomic E-state index is 11.7. The molecule has 2 heterocycles. The molecule has 6 nitrogen and oxygen atoms in total. The second kappa shape index (κ2) is 4.95. The first kappa shape index (κ1) is 13.5. The zero-order chi connectivity index (χ0) is 14.0. The summed E-state index contributed by atoms with van der Waals surface area (Å²) >= 11 is 0. The van der Waals surface area contributed by atoms with Gasteiger partial charge in [-0.2, -0.15) is 0 Å². The number of aromatic nitrogens is 2. The molecule has 0 atom stereocenters. The number of ether oxygens (including phenoxy) is 1. The molecule has 1 fully saturated rings. The van der Waals surface area contributed by atoms with Crippen LogP contribution in [0.15, 0.2) is 12.3 Å². The second-order valence-electron chi connectivity index (χ2n) is 5.54. The molecule has 0 spiro atoms. The first-order chi connectivity index (χ1) is 8.89. The number of aldehydes is 1. The lowest BCUT2D eigenvalue weighted by molar-refractivity contribution is 0.00749. The fourth-order valence-electron chi connectivity index (χ4n) is 1.77. The van der Waals surface area contributed by atoms with Crippen LogP contribution < -0.4 is 0 Å². The van der Waals surface area contributed by atoms with E-state index in [-0.39, 0.29) is 12.0 Å². The van der Waals surface area contributed by atoms with Crippen molar-refractivity contribution in [3.63, 3.8) is 0 Å². The fraction of sp³-hybridized carbons (Fsp3) is 0.538. The maximum atomic E-state index is 11.7. The first-order valence-corrected chi connectivity index (χ1v) is 6.15. The summed E-state index contributed by atoms with van der Waals surface area (Å²) in [6.07, 6.45) is 1.92. The minimum Gasteiger partial charge on any atom is -0.444 e. The largest absolute Gasteiger partial charge is 0.444 e. The second-order valence-corrected chi connectivity index (χ2v) is 5.54. The van der Waals surface area contributed by atoms with E-state index in [4.69, 9.17) is 4.74 Å². The quantitative estimate of drug-likeness (QED) is 0.758. The number of hydrogen-bond acceptors (Lipinski definition) is 5. The molecule has 1 aliphatic rings. The molecule has 1 saturated heterocycles. The van der Waals surface area contributed by atoms with Gasteiger partial charge in [-0.05, 0) is 26.8 Å². The summed E-state index contributed by atoms with van der Waals surface area (Å²) in [5.74, 6) is 0.678. The van der Waals surface area contributed by atoms with Crippen LogP contribution in [0.3, 0.4) is 0 Å². The SMILES string of the molecule is CC(C)(C)OC(=O)N1CC(c2nccc(C=O)n2)C1. The van der Waals surface area contributed by atoms with E-state index in [1.807, 2.05) is 20.8 Å². The van der Waals surface area contributed by atoms with Crippen molar-refractivity contribution in [3.05, 3.63) is 23.8 Å². The Morgan fingerprint density at radius 2 is 2.16 bits per heavy atom. The van der Waals surface area contributed by atoms with Crippen molar-refractivity contribution in [2.24, 2.45) is 0 Å². The molecule has 1 aliphatic heterocycles. The van der Waals surface area contributed by atoms with Crippen molar-refractivity contribution >= 4 is 12.4 Å². The van der Waals surface area contributed by atoms with Crippen molar-refractivity contribution < 1.29 is 14.3 Å². The van der Waals surface area contributed by atoms with Crippen LogP contribution in [-0.4, -0.2) is 45.9 Å². The number of carbonyl (C=O) groups is 2.